The Kier molecular flexibility index (Phi) is 4.73. The molecule has 2 N–H and O–H groups in total. The van der Waals surface area contributed by atoms with Crippen LogP contribution >= 0.6 is 0 Å². The Hall–Kier alpha value is -2.17. The van der Waals surface area contributed by atoms with E-state index in [1.54, 1.807) is 6.07 Å². The lowest BCUT2D eigenvalue weighted by molar-refractivity contribution is 0.628. The van der Waals surface area contributed by atoms with Gasteiger partial charge >= 0.3 is 0 Å². The van der Waals surface area contributed by atoms with Crippen LogP contribution in [-0.2, 0) is 0 Å². The first-order valence-corrected chi connectivity index (χ1v) is 7.13. The molecular formula is C16H21FN4. The van der Waals surface area contributed by atoms with Crippen LogP contribution in [-0.4, -0.2) is 16.5 Å². The number of halogens is 1. The fourth-order valence-electron chi connectivity index (χ4n) is 2.02. The predicted molar refractivity (Wildman–Crippen MR) is 84.7 cm³/mol. The summed E-state index contributed by atoms with van der Waals surface area (Å²) in [6.07, 6.45) is 1.02. The predicted octanol–water partition coefficient (Wildman–Crippen LogP) is 4.11. The minimum atomic E-state index is -0.268. The van der Waals surface area contributed by atoms with Gasteiger partial charge in [-0.1, -0.05) is 13.0 Å². The van der Waals surface area contributed by atoms with Crippen LogP contribution in [0.1, 0.15) is 30.3 Å². The monoisotopic (exact) mass is 288 g/mol. The van der Waals surface area contributed by atoms with Gasteiger partial charge in [0.1, 0.15) is 23.3 Å². The van der Waals surface area contributed by atoms with Gasteiger partial charge in [0.2, 0.25) is 0 Å². The molecule has 1 heterocycles. The minimum absolute atomic E-state index is 0.268. The maximum atomic E-state index is 13.4. The summed E-state index contributed by atoms with van der Waals surface area (Å²) in [5.74, 6) is 1.93. The largest absolute Gasteiger partial charge is 0.370 e. The van der Waals surface area contributed by atoms with Crippen molar-refractivity contribution in [2.45, 2.75) is 34.1 Å². The Labute approximate surface area is 124 Å². The Balaban J connectivity index is 2.35. The zero-order valence-electron chi connectivity index (χ0n) is 12.9. The quantitative estimate of drug-likeness (QED) is 0.869. The fourth-order valence-corrected chi connectivity index (χ4v) is 2.02. The third-order valence-electron chi connectivity index (χ3n) is 3.25. The summed E-state index contributed by atoms with van der Waals surface area (Å²) >= 11 is 0. The summed E-state index contributed by atoms with van der Waals surface area (Å²) in [6.45, 7) is 8.69. The fraction of sp³-hybridized carbons (Fsp3) is 0.375. The molecule has 0 aliphatic heterocycles. The van der Waals surface area contributed by atoms with Gasteiger partial charge in [0.15, 0.2) is 0 Å². The Morgan fingerprint density at radius 2 is 1.81 bits per heavy atom. The van der Waals surface area contributed by atoms with E-state index in [4.69, 9.17) is 0 Å². The molecule has 4 nitrogen and oxygen atoms in total. The van der Waals surface area contributed by atoms with E-state index in [9.17, 15) is 4.39 Å². The van der Waals surface area contributed by atoms with Gasteiger partial charge in [-0.25, -0.2) is 14.4 Å². The molecule has 1 aromatic carbocycles. The van der Waals surface area contributed by atoms with Crippen LogP contribution in [0.15, 0.2) is 18.2 Å². The molecule has 0 atom stereocenters. The molecule has 0 unspecified atom stereocenters. The molecule has 0 saturated carbocycles. The highest BCUT2D eigenvalue weighted by atomic mass is 19.1. The van der Waals surface area contributed by atoms with Gasteiger partial charge in [-0.05, 0) is 44.9 Å². The molecule has 0 radical (unpaired) electrons. The zero-order valence-corrected chi connectivity index (χ0v) is 12.9. The number of rotatable bonds is 5. The van der Waals surface area contributed by atoms with Crippen molar-refractivity contribution in [3.63, 3.8) is 0 Å². The third kappa shape index (κ3) is 3.68. The number of nitrogens with one attached hydrogen (secondary N) is 2. The molecule has 0 aliphatic carbocycles. The first kappa shape index (κ1) is 15.2. The maximum Gasteiger partial charge on any atom is 0.139 e. The van der Waals surface area contributed by atoms with Crippen LogP contribution in [0.2, 0.25) is 0 Å². The summed E-state index contributed by atoms with van der Waals surface area (Å²) < 4.78 is 13.4. The zero-order chi connectivity index (χ0) is 15.4. The Bertz CT molecular complexity index is 640. The number of aromatic nitrogens is 2. The highest BCUT2D eigenvalue weighted by Crippen LogP contribution is 2.25. The molecule has 2 rings (SSSR count). The van der Waals surface area contributed by atoms with E-state index in [2.05, 4.69) is 27.5 Å². The summed E-state index contributed by atoms with van der Waals surface area (Å²) in [7, 11) is 0. The standard InChI is InChI=1S/C16H21FN4/c1-5-8-18-15-11(3)16(20-12(4)19-15)21-14-9-13(17)7-6-10(14)2/h6-7,9H,5,8H2,1-4H3,(H2,18,19,20,21). The summed E-state index contributed by atoms with van der Waals surface area (Å²) in [4.78, 5) is 8.84. The van der Waals surface area contributed by atoms with Crippen LogP contribution in [0, 0.1) is 26.6 Å². The van der Waals surface area contributed by atoms with Gasteiger partial charge in [0.25, 0.3) is 0 Å². The first-order chi connectivity index (χ1) is 10.0. The van der Waals surface area contributed by atoms with Gasteiger partial charge < -0.3 is 10.6 Å². The van der Waals surface area contributed by atoms with Crippen molar-refractivity contribution >= 4 is 17.3 Å². The lowest BCUT2D eigenvalue weighted by Gasteiger charge is -2.15. The molecule has 0 saturated heterocycles. The molecule has 0 fully saturated rings. The van der Waals surface area contributed by atoms with E-state index in [-0.39, 0.29) is 5.82 Å². The van der Waals surface area contributed by atoms with Crippen LogP contribution in [0.25, 0.3) is 0 Å². The highest BCUT2D eigenvalue weighted by molar-refractivity contribution is 5.66. The maximum absolute atomic E-state index is 13.4. The van der Waals surface area contributed by atoms with Crippen LogP contribution < -0.4 is 10.6 Å². The SMILES string of the molecule is CCCNc1nc(C)nc(Nc2cc(F)ccc2C)c1C. The first-order valence-electron chi connectivity index (χ1n) is 7.13. The lowest BCUT2D eigenvalue weighted by Crippen LogP contribution is -2.09. The third-order valence-corrected chi connectivity index (χ3v) is 3.25. The Morgan fingerprint density at radius 3 is 2.52 bits per heavy atom. The summed E-state index contributed by atoms with van der Waals surface area (Å²) in [5.41, 5.74) is 2.62. The molecular weight excluding hydrogens is 267 g/mol. The number of hydrogen-bond acceptors (Lipinski definition) is 4. The van der Waals surface area contributed by atoms with Crippen molar-refractivity contribution in [2.75, 3.05) is 17.2 Å². The number of benzene rings is 1. The highest BCUT2D eigenvalue weighted by Gasteiger charge is 2.10. The minimum Gasteiger partial charge on any atom is -0.370 e. The molecule has 0 bridgehead atoms. The van der Waals surface area contributed by atoms with Crippen molar-refractivity contribution in [1.29, 1.82) is 0 Å². The van der Waals surface area contributed by atoms with E-state index in [1.807, 2.05) is 20.8 Å². The van der Waals surface area contributed by atoms with Crippen molar-refractivity contribution < 1.29 is 4.39 Å². The molecule has 5 heteroatoms. The van der Waals surface area contributed by atoms with E-state index in [0.717, 1.165) is 35.6 Å². The van der Waals surface area contributed by atoms with Crippen molar-refractivity contribution in [1.82, 2.24) is 9.97 Å². The van der Waals surface area contributed by atoms with Gasteiger partial charge in [0.05, 0.1) is 0 Å². The summed E-state index contributed by atoms with van der Waals surface area (Å²) in [5, 5.41) is 6.50. The van der Waals surface area contributed by atoms with E-state index >= 15 is 0 Å². The van der Waals surface area contributed by atoms with Gasteiger partial charge in [0, 0.05) is 17.8 Å². The van der Waals surface area contributed by atoms with Crippen molar-refractivity contribution in [3.8, 4) is 0 Å². The molecule has 21 heavy (non-hydrogen) atoms. The lowest BCUT2D eigenvalue weighted by atomic mass is 10.2. The number of nitrogens with zero attached hydrogens (tertiary/aromatic N) is 2. The second-order valence-corrected chi connectivity index (χ2v) is 5.10. The normalized spacial score (nSPS) is 10.5. The molecule has 0 aliphatic rings. The van der Waals surface area contributed by atoms with Crippen LogP contribution in [0.4, 0.5) is 21.7 Å². The van der Waals surface area contributed by atoms with Crippen molar-refractivity contribution in [3.05, 3.63) is 41.0 Å². The second-order valence-electron chi connectivity index (χ2n) is 5.10. The van der Waals surface area contributed by atoms with Gasteiger partial charge in [-0.3, -0.25) is 0 Å². The van der Waals surface area contributed by atoms with Gasteiger partial charge in [-0.15, -0.1) is 0 Å². The number of hydrogen-bond donors (Lipinski definition) is 2. The van der Waals surface area contributed by atoms with Gasteiger partial charge in [-0.2, -0.15) is 0 Å². The van der Waals surface area contributed by atoms with Crippen molar-refractivity contribution in [2.24, 2.45) is 0 Å². The summed E-state index contributed by atoms with van der Waals surface area (Å²) in [6, 6.07) is 4.68. The van der Waals surface area contributed by atoms with E-state index in [0.29, 0.717) is 11.6 Å². The Morgan fingerprint density at radius 1 is 1.10 bits per heavy atom. The number of anilines is 3. The molecule has 0 amide bonds. The molecule has 2 aromatic rings. The molecule has 112 valence electrons. The number of aryl methyl sites for hydroxylation is 2. The average molecular weight is 288 g/mol. The molecule has 0 spiro atoms. The molecule has 1 aromatic heterocycles. The topological polar surface area (TPSA) is 49.8 Å². The van der Waals surface area contributed by atoms with Crippen LogP contribution in [0.3, 0.4) is 0 Å². The smallest absolute Gasteiger partial charge is 0.139 e. The second kappa shape index (κ2) is 6.52. The van der Waals surface area contributed by atoms with E-state index in [1.165, 1.54) is 12.1 Å². The van der Waals surface area contributed by atoms with E-state index < -0.39 is 0 Å². The average Bonchev–Trinajstić information content (AvgIpc) is 2.44. The van der Waals surface area contributed by atoms with Crippen LogP contribution in [0.5, 0.6) is 0 Å².